The Labute approximate surface area is 115 Å². The predicted octanol–water partition coefficient (Wildman–Crippen LogP) is 3.96. The molecule has 0 spiro atoms. The standard InChI is InChI=1S/C16H24OS/c1-13-7-9-14(10-8-13)11-15(17)12-18-16-5-3-2-4-6-16/h7-10,15-17H,2-6,11-12H2,1H3. The molecule has 1 aliphatic rings. The molecule has 0 aromatic heterocycles. The molecule has 1 nitrogen and oxygen atoms in total. The van der Waals surface area contributed by atoms with E-state index in [4.69, 9.17) is 0 Å². The summed E-state index contributed by atoms with van der Waals surface area (Å²) < 4.78 is 0. The van der Waals surface area contributed by atoms with Crippen LogP contribution in [0.3, 0.4) is 0 Å². The fourth-order valence-electron chi connectivity index (χ4n) is 2.53. The third-order valence-electron chi connectivity index (χ3n) is 3.67. The van der Waals surface area contributed by atoms with Crippen LogP contribution in [0, 0.1) is 6.92 Å². The van der Waals surface area contributed by atoms with Gasteiger partial charge in [-0.25, -0.2) is 0 Å². The summed E-state index contributed by atoms with van der Waals surface area (Å²) in [6.45, 7) is 2.10. The quantitative estimate of drug-likeness (QED) is 0.868. The highest BCUT2D eigenvalue weighted by Crippen LogP contribution is 2.28. The second-order valence-electron chi connectivity index (χ2n) is 5.44. The van der Waals surface area contributed by atoms with Gasteiger partial charge >= 0.3 is 0 Å². The Kier molecular flexibility index (Phi) is 5.58. The summed E-state index contributed by atoms with van der Waals surface area (Å²) in [4.78, 5) is 0. The van der Waals surface area contributed by atoms with Crippen molar-refractivity contribution in [2.45, 2.75) is 56.8 Å². The predicted molar refractivity (Wildman–Crippen MR) is 80.2 cm³/mol. The molecule has 1 atom stereocenters. The highest BCUT2D eigenvalue weighted by Gasteiger charge is 2.15. The zero-order valence-corrected chi connectivity index (χ0v) is 12.1. The highest BCUT2D eigenvalue weighted by molar-refractivity contribution is 7.99. The molecule has 1 N–H and O–H groups in total. The number of rotatable bonds is 5. The van der Waals surface area contributed by atoms with E-state index in [2.05, 4.69) is 31.2 Å². The molecule has 0 amide bonds. The number of thioether (sulfide) groups is 1. The van der Waals surface area contributed by atoms with Gasteiger partial charge in [-0.1, -0.05) is 49.1 Å². The normalized spacial score (nSPS) is 18.8. The lowest BCUT2D eigenvalue weighted by molar-refractivity contribution is 0.200. The Hall–Kier alpha value is -0.470. The molecule has 1 saturated carbocycles. The van der Waals surface area contributed by atoms with Crippen molar-refractivity contribution in [3.05, 3.63) is 35.4 Å². The fraction of sp³-hybridized carbons (Fsp3) is 0.625. The van der Waals surface area contributed by atoms with Crippen molar-refractivity contribution >= 4 is 11.8 Å². The van der Waals surface area contributed by atoms with Gasteiger partial charge in [-0.3, -0.25) is 0 Å². The van der Waals surface area contributed by atoms with Gasteiger partial charge < -0.3 is 5.11 Å². The molecule has 1 fully saturated rings. The lowest BCUT2D eigenvalue weighted by atomic mass is 10.0. The first-order valence-electron chi connectivity index (χ1n) is 7.09. The SMILES string of the molecule is Cc1ccc(CC(O)CSC2CCCCC2)cc1. The molecule has 2 rings (SSSR count). The molecule has 1 unspecified atom stereocenters. The summed E-state index contributed by atoms with van der Waals surface area (Å²) in [6, 6.07) is 8.50. The smallest absolute Gasteiger partial charge is 0.0670 e. The molecule has 1 aliphatic carbocycles. The first kappa shape index (κ1) is 14.0. The van der Waals surface area contributed by atoms with Crippen molar-refractivity contribution in [2.24, 2.45) is 0 Å². The number of aliphatic hydroxyl groups is 1. The van der Waals surface area contributed by atoms with Crippen molar-refractivity contribution < 1.29 is 5.11 Å². The first-order chi connectivity index (χ1) is 8.74. The zero-order chi connectivity index (χ0) is 12.8. The van der Waals surface area contributed by atoms with Crippen LogP contribution in [-0.4, -0.2) is 22.2 Å². The summed E-state index contributed by atoms with van der Waals surface area (Å²) in [7, 11) is 0. The van der Waals surface area contributed by atoms with Crippen molar-refractivity contribution in [2.75, 3.05) is 5.75 Å². The summed E-state index contributed by atoms with van der Waals surface area (Å²) in [5, 5.41) is 10.9. The molecule has 2 heteroatoms. The van der Waals surface area contributed by atoms with E-state index in [1.54, 1.807) is 0 Å². The number of benzene rings is 1. The van der Waals surface area contributed by atoms with Crippen molar-refractivity contribution in [3.63, 3.8) is 0 Å². The second-order valence-corrected chi connectivity index (χ2v) is 6.77. The van der Waals surface area contributed by atoms with E-state index in [0.29, 0.717) is 0 Å². The van der Waals surface area contributed by atoms with E-state index < -0.39 is 0 Å². The maximum absolute atomic E-state index is 10.1. The van der Waals surface area contributed by atoms with Gasteiger partial charge in [0.05, 0.1) is 6.10 Å². The van der Waals surface area contributed by atoms with E-state index in [0.717, 1.165) is 17.4 Å². The van der Waals surface area contributed by atoms with Gasteiger partial charge in [0.1, 0.15) is 0 Å². The van der Waals surface area contributed by atoms with Crippen LogP contribution in [0.5, 0.6) is 0 Å². The van der Waals surface area contributed by atoms with Crippen LogP contribution in [0.15, 0.2) is 24.3 Å². The van der Waals surface area contributed by atoms with Crippen molar-refractivity contribution in [1.82, 2.24) is 0 Å². The van der Waals surface area contributed by atoms with E-state index in [-0.39, 0.29) is 6.10 Å². The Balaban J connectivity index is 1.71. The molecule has 0 saturated heterocycles. The Morgan fingerprint density at radius 1 is 1.17 bits per heavy atom. The fourth-order valence-corrected chi connectivity index (χ4v) is 3.81. The van der Waals surface area contributed by atoms with Gasteiger partial charge in [-0.2, -0.15) is 11.8 Å². The summed E-state index contributed by atoms with van der Waals surface area (Å²) >= 11 is 1.98. The lowest BCUT2D eigenvalue weighted by Crippen LogP contribution is -2.17. The van der Waals surface area contributed by atoms with E-state index in [1.165, 1.54) is 43.2 Å². The minimum Gasteiger partial charge on any atom is -0.392 e. The number of aryl methyl sites for hydroxylation is 1. The summed E-state index contributed by atoms with van der Waals surface area (Å²) in [6.07, 6.45) is 7.46. The zero-order valence-electron chi connectivity index (χ0n) is 11.3. The van der Waals surface area contributed by atoms with E-state index in [9.17, 15) is 5.11 Å². The van der Waals surface area contributed by atoms with Gasteiger partial charge in [0.15, 0.2) is 0 Å². The third kappa shape index (κ3) is 4.66. The molecule has 18 heavy (non-hydrogen) atoms. The van der Waals surface area contributed by atoms with Gasteiger partial charge in [-0.05, 0) is 31.7 Å². The average Bonchev–Trinajstić information content (AvgIpc) is 2.40. The lowest BCUT2D eigenvalue weighted by Gasteiger charge is -2.22. The Morgan fingerprint density at radius 3 is 2.50 bits per heavy atom. The van der Waals surface area contributed by atoms with E-state index >= 15 is 0 Å². The van der Waals surface area contributed by atoms with Crippen LogP contribution in [0.1, 0.15) is 43.2 Å². The van der Waals surface area contributed by atoms with Crippen LogP contribution in [0.25, 0.3) is 0 Å². The van der Waals surface area contributed by atoms with Gasteiger partial charge in [-0.15, -0.1) is 0 Å². The Bertz CT molecular complexity index is 341. The minimum atomic E-state index is -0.195. The molecule has 1 aromatic rings. The topological polar surface area (TPSA) is 20.2 Å². The van der Waals surface area contributed by atoms with Crippen LogP contribution >= 0.6 is 11.8 Å². The van der Waals surface area contributed by atoms with Crippen molar-refractivity contribution in [3.8, 4) is 0 Å². The molecule has 0 bridgehead atoms. The largest absolute Gasteiger partial charge is 0.392 e. The van der Waals surface area contributed by atoms with Crippen molar-refractivity contribution in [1.29, 1.82) is 0 Å². The molecule has 0 radical (unpaired) electrons. The molecule has 0 aliphatic heterocycles. The number of hydrogen-bond acceptors (Lipinski definition) is 2. The third-order valence-corrected chi connectivity index (χ3v) is 5.19. The molecule has 100 valence electrons. The number of aliphatic hydroxyl groups excluding tert-OH is 1. The minimum absolute atomic E-state index is 0.195. The van der Waals surface area contributed by atoms with Crippen LogP contribution < -0.4 is 0 Å². The van der Waals surface area contributed by atoms with E-state index in [1.807, 2.05) is 11.8 Å². The maximum Gasteiger partial charge on any atom is 0.0670 e. The highest BCUT2D eigenvalue weighted by atomic mass is 32.2. The van der Waals surface area contributed by atoms with Gasteiger partial charge in [0.25, 0.3) is 0 Å². The van der Waals surface area contributed by atoms with Gasteiger partial charge in [0.2, 0.25) is 0 Å². The van der Waals surface area contributed by atoms with Crippen LogP contribution in [0.4, 0.5) is 0 Å². The molecular weight excluding hydrogens is 240 g/mol. The Morgan fingerprint density at radius 2 is 1.83 bits per heavy atom. The first-order valence-corrected chi connectivity index (χ1v) is 8.14. The summed E-state index contributed by atoms with van der Waals surface area (Å²) in [5.74, 6) is 0.887. The average molecular weight is 264 g/mol. The molecule has 0 heterocycles. The molecule has 1 aromatic carbocycles. The maximum atomic E-state index is 10.1. The second kappa shape index (κ2) is 7.20. The number of hydrogen-bond donors (Lipinski definition) is 1. The monoisotopic (exact) mass is 264 g/mol. The van der Waals surface area contributed by atoms with Gasteiger partial charge in [0, 0.05) is 11.0 Å². The molecular formula is C16H24OS. The summed E-state index contributed by atoms with van der Waals surface area (Å²) in [5.41, 5.74) is 2.53. The van der Waals surface area contributed by atoms with Crippen LogP contribution in [-0.2, 0) is 6.42 Å². The van der Waals surface area contributed by atoms with Crippen LogP contribution in [0.2, 0.25) is 0 Å².